The molecule has 1 rings (SSSR count). The molecule has 0 fully saturated rings. The van der Waals surface area contributed by atoms with Gasteiger partial charge in [-0.05, 0) is 37.8 Å². The molecule has 3 nitrogen and oxygen atoms in total. The molecule has 0 aliphatic heterocycles. The van der Waals surface area contributed by atoms with Crippen molar-refractivity contribution < 1.29 is 8.42 Å². The third-order valence-corrected chi connectivity index (χ3v) is 3.39. The minimum absolute atomic E-state index is 0.203. The average Bonchev–Trinajstić information content (AvgIpc) is 2.13. The highest BCUT2D eigenvalue weighted by molar-refractivity contribution is 7.90. The maximum atomic E-state index is 11.0. The number of benzene rings is 1. The van der Waals surface area contributed by atoms with Gasteiger partial charge in [-0.3, -0.25) is 0 Å². The summed E-state index contributed by atoms with van der Waals surface area (Å²) in [4.78, 5) is 0. The van der Waals surface area contributed by atoms with Crippen LogP contribution in [0.3, 0.4) is 0 Å². The number of sulfone groups is 1. The Balaban J connectivity index is 2.62. The van der Waals surface area contributed by atoms with Gasteiger partial charge in [-0.25, -0.2) is 8.42 Å². The van der Waals surface area contributed by atoms with Crippen molar-refractivity contribution in [3.63, 3.8) is 0 Å². The van der Waals surface area contributed by atoms with Crippen molar-refractivity contribution in [2.75, 3.05) is 12.0 Å². The van der Waals surface area contributed by atoms with Gasteiger partial charge in [0, 0.05) is 11.8 Å². The lowest BCUT2D eigenvalue weighted by Crippen LogP contribution is -2.34. The molecule has 0 saturated carbocycles. The van der Waals surface area contributed by atoms with E-state index >= 15 is 0 Å². The molecular weight excluding hydrogens is 234 g/mol. The third-order valence-electron chi connectivity index (χ3n) is 2.44. The van der Waals surface area contributed by atoms with Crippen molar-refractivity contribution in [1.29, 1.82) is 0 Å². The Labute approximate surface area is 104 Å². The van der Waals surface area contributed by atoms with E-state index in [1.165, 1.54) is 11.8 Å². The summed E-state index contributed by atoms with van der Waals surface area (Å²) in [6.07, 6.45) is 2.66. The molecule has 0 aliphatic rings. The zero-order valence-corrected chi connectivity index (χ0v) is 11.5. The van der Waals surface area contributed by atoms with Crippen LogP contribution in [-0.4, -0.2) is 26.0 Å². The van der Waals surface area contributed by atoms with Crippen LogP contribution < -0.4 is 5.73 Å². The number of aryl methyl sites for hydroxylation is 1. The average molecular weight is 255 g/mol. The standard InChI is InChI=1S/C13H21NO2S/c1-13(2,14)10-12-6-4-11(5-7-12)8-9-17(3,15)16/h4-7H,8-10,14H2,1-3H3. The maximum Gasteiger partial charge on any atom is 0.147 e. The van der Waals surface area contributed by atoms with E-state index in [4.69, 9.17) is 5.73 Å². The molecule has 0 aromatic heterocycles. The Bertz CT molecular complexity index is 455. The Morgan fingerprint density at radius 1 is 1.12 bits per heavy atom. The molecular formula is C13H21NO2S. The molecule has 0 amide bonds. The highest BCUT2D eigenvalue weighted by atomic mass is 32.2. The summed E-state index contributed by atoms with van der Waals surface area (Å²) in [5.74, 6) is 0.203. The SMILES string of the molecule is CC(C)(N)Cc1ccc(CCS(C)(=O)=O)cc1. The normalized spacial score (nSPS) is 12.7. The molecule has 0 bridgehead atoms. The van der Waals surface area contributed by atoms with Crippen molar-refractivity contribution in [2.45, 2.75) is 32.2 Å². The molecule has 1 aromatic rings. The van der Waals surface area contributed by atoms with E-state index in [1.807, 2.05) is 38.1 Å². The molecule has 0 spiro atoms. The highest BCUT2D eigenvalue weighted by Gasteiger charge is 2.11. The van der Waals surface area contributed by atoms with E-state index in [1.54, 1.807) is 0 Å². The molecule has 17 heavy (non-hydrogen) atoms. The second-order valence-corrected chi connectivity index (χ2v) is 7.62. The maximum absolute atomic E-state index is 11.0. The minimum atomic E-state index is -2.88. The van der Waals surface area contributed by atoms with Crippen molar-refractivity contribution in [1.82, 2.24) is 0 Å². The number of nitrogens with two attached hydrogens (primary N) is 1. The van der Waals surface area contributed by atoms with Crippen molar-refractivity contribution >= 4 is 9.84 Å². The summed E-state index contributed by atoms with van der Waals surface area (Å²) in [6, 6.07) is 8.00. The summed E-state index contributed by atoms with van der Waals surface area (Å²) in [5, 5.41) is 0. The van der Waals surface area contributed by atoms with Gasteiger partial charge in [-0.1, -0.05) is 24.3 Å². The summed E-state index contributed by atoms with van der Waals surface area (Å²) in [5.41, 5.74) is 7.96. The van der Waals surface area contributed by atoms with Crippen molar-refractivity contribution in [3.8, 4) is 0 Å². The van der Waals surface area contributed by atoms with Gasteiger partial charge >= 0.3 is 0 Å². The van der Waals surface area contributed by atoms with Crippen LogP contribution in [0.2, 0.25) is 0 Å². The van der Waals surface area contributed by atoms with Gasteiger partial charge in [-0.2, -0.15) is 0 Å². The van der Waals surface area contributed by atoms with Gasteiger partial charge < -0.3 is 5.73 Å². The van der Waals surface area contributed by atoms with Gasteiger partial charge in [0.05, 0.1) is 5.75 Å². The zero-order chi connectivity index (χ0) is 13.1. The van der Waals surface area contributed by atoms with Crippen LogP contribution in [0, 0.1) is 0 Å². The lowest BCUT2D eigenvalue weighted by atomic mass is 9.95. The molecule has 0 unspecified atom stereocenters. The summed E-state index contributed by atoms with van der Waals surface area (Å²) >= 11 is 0. The monoisotopic (exact) mass is 255 g/mol. The predicted octanol–water partition coefficient (Wildman–Crippen LogP) is 1.55. The fourth-order valence-electron chi connectivity index (χ4n) is 1.65. The fourth-order valence-corrected chi connectivity index (χ4v) is 2.26. The Kier molecular flexibility index (Phi) is 4.33. The van der Waals surface area contributed by atoms with Crippen LogP contribution in [0.25, 0.3) is 0 Å². The van der Waals surface area contributed by atoms with Crippen LogP contribution in [0.15, 0.2) is 24.3 Å². The molecule has 0 saturated heterocycles. The van der Waals surface area contributed by atoms with E-state index in [0.717, 1.165) is 12.0 Å². The first-order valence-corrected chi connectivity index (χ1v) is 7.76. The molecule has 96 valence electrons. The first kappa shape index (κ1) is 14.2. The molecule has 0 aliphatic carbocycles. The van der Waals surface area contributed by atoms with Gasteiger partial charge in [0.15, 0.2) is 0 Å². The quantitative estimate of drug-likeness (QED) is 0.868. The largest absolute Gasteiger partial charge is 0.325 e. The van der Waals surface area contributed by atoms with Crippen LogP contribution >= 0.6 is 0 Å². The molecule has 0 atom stereocenters. The zero-order valence-electron chi connectivity index (χ0n) is 10.7. The van der Waals surface area contributed by atoms with Gasteiger partial charge in [0.1, 0.15) is 9.84 Å². The van der Waals surface area contributed by atoms with Crippen LogP contribution in [-0.2, 0) is 22.7 Å². The summed E-state index contributed by atoms with van der Waals surface area (Å²) in [7, 11) is -2.88. The Morgan fingerprint density at radius 2 is 1.59 bits per heavy atom. The Morgan fingerprint density at radius 3 is 2.00 bits per heavy atom. The van der Waals surface area contributed by atoms with Crippen LogP contribution in [0.1, 0.15) is 25.0 Å². The summed E-state index contributed by atoms with van der Waals surface area (Å²) < 4.78 is 22.1. The molecule has 0 radical (unpaired) electrons. The van der Waals surface area contributed by atoms with E-state index in [-0.39, 0.29) is 11.3 Å². The molecule has 4 heteroatoms. The second-order valence-electron chi connectivity index (χ2n) is 5.36. The van der Waals surface area contributed by atoms with Gasteiger partial charge in [0.25, 0.3) is 0 Å². The lowest BCUT2D eigenvalue weighted by molar-refractivity contribution is 0.517. The topological polar surface area (TPSA) is 60.2 Å². The third kappa shape index (κ3) is 6.44. The molecule has 1 aromatic carbocycles. The van der Waals surface area contributed by atoms with E-state index in [0.29, 0.717) is 6.42 Å². The molecule has 0 heterocycles. The number of rotatable bonds is 5. The highest BCUT2D eigenvalue weighted by Crippen LogP contribution is 2.12. The van der Waals surface area contributed by atoms with Gasteiger partial charge in [-0.15, -0.1) is 0 Å². The first-order valence-electron chi connectivity index (χ1n) is 5.70. The van der Waals surface area contributed by atoms with E-state index in [9.17, 15) is 8.42 Å². The van der Waals surface area contributed by atoms with Gasteiger partial charge in [0.2, 0.25) is 0 Å². The fraction of sp³-hybridized carbons (Fsp3) is 0.538. The van der Waals surface area contributed by atoms with Crippen LogP contribution in [0.5, 0.6) is 0 Å². The number of hydrogen-bond donors (Lipinski definition) is 1. The second kappa shape index (κ2) is 5.19. The van der Waals surface area contributed by atoms with E-state index in [2.05, 4.69) is 0 Å². The summed E-state index contributed by atoms with van der Waals surface area (Å²) in [6.45, 7) is 3.98. The predicted molar refractivity (Wildman–Crippen MR) is 71.8 cm³/mol. The Hall–Kier alpha value is -0.870. The van der Waals surface area contributed by atoms with Crippen LogP contribution in [0.4, 0.5) is 0 Å². The smallest absolute Gasteiger partial charge is 0.147 e. The minimum Gasteiger partial charge on any atom is -0.325 e. The van der Waals surface area contributed by atoms with Crippen molar-refractivity contribution in [3.05, 3.63) is 35.4 Å². The first-order chi connectivity index (χ1) is 7.66. The van der Waals surface area contributed by atoms with Crippen molar-refractivity contribution in [2.24, 2.45) is 5.73 Å². The lowest BCUT2D eigenvalue weighted by Gasteiger charge is -2.18. The van der Waals surface area contributed by atoms with E-state index < -0.39 is 9.84 Å². The number of hydrogen-bond acceptors (Lipinski definition) is 3. The molecule has 2 N–H and O–H groups in total.